The van der Waals surface area contributed by atoms with Gasteiger partial charge in [-0.15, -0.1) is 0 Å². The normalized spacial score (nSPS) is 14.4. The molecule has 1 fully saturated rings. The van der Waals surface area contributed by atoms with Crippen LogP contribution in [0.4, 0.5) is 0 Å². The first-order chi connectivity index (χ1) is 10.6. The summed E-state index contributed by atoms with van der Waals surface area (Å²) in [4.78, 5) is 37.8. The topological polar surface area (TPSA) is 72.9 Å². The molecule has 0 atom stereocenters. The highest BCUT2D eigenvalue weighted by Gasteiger charge is 2.30. The van der Waals surface area contributed by atoms with Crippen LogP contribution in [-0.4, -0.2) is 49.7 Å². The van der Waals surface area contributed by atoms with E-state index in [1.54, 1.807) is 0 Å². The third-order valence-corrected chi connectivity index (χ3v) is 3.69. The van der Waals surface area contributed by atoms with Gasteiger partial charge in [0.05, 0.1) is 14.2 Å². The summed E-state index contributed by atoms with van der Waals surface area (Å²) in [6.07, 6.45) is 2.77. The van der Waals surface area contributed by atoms with Crippen LogP contribution in [0.3, 0.4) is 0 Å². The Morgan fingerprint density at radius 1 is 0.955 bits per heavy atom. The van der Waals surface area contributed by atoms with E-state index in [0.29, 0.717) is 24.6 Å². The third kappa shape index (κ3) is 3.27. The number of amides is 1. The summed E-state index contributed by atoms with van der Waals surface area (Å²) in [5, 5.41) is 0. The van der Waals surface area contributed by atoms with Crippen LogP contribution in [0.15, 0.2) is 18.2 Å². The lowest BCUT2D eigenvalue weighted by molar-refractivity contribution is -0.142. The Bertz CT molecular complexity index is 590. The van der Waals surface area contributed by atoms with Gasteiger partial charge in [-0.05, 0) is 37.5 Å². The van der Waals surface area contributed by atoms with Crippen LogP contribution in [-0.2, 0) is 9.59 Å². The van der Waals surface area contributed by atoms with Gasteiger partial charge in [0, 0.05) is 18.7 Å². The van der Waals surface area contributed by atoms with Gasteiger partial charge in [0.1, 0.15) is 0 Å². The molecule has 1 aromatic carbocycles. The van der Waals surface area contributed by atoms with E-state index in [1.165, 1.54) is 37.3 Å². The molecule has 0 aromatic heterocycles. The molecule has 0 N–H and O–H groups in total. The monoisotopic (exact) mass is 305 g/mol. The molecule has 0 spiro atoms. The number of ketones is 2. The van der Waals surface area contributed by atoms with Crippen molar-refractivity contribution in [2.45, 2.75) is 19.3 Å². The summed E-state index contributed by atoms with van der Waals surface area (Å²) < 4.78 is 10.2. The van der Waals surface area contributed by atoms with Gasteiger partial charge in [0.25, 0.3) is 11.7 Å². The van der Waals surface area contributed by atoms with Gasteiger partial charge in [-0.3, -0.25) is 14.4 Å². The van der Waals surface area contributed by atoms with E-state index >= 15 is 0 Å². The number of hydrogen-bond donors (Lipinski definition) is 0. The van der Waals surface area contributed by atoms with Gasteiger partial charge in [0.15, 0.2) is 11.5 Å². The van der Waals surface area contributed by atoms with Gasteiger partial charge in [-0.25, -0.2) is 0 Å². The molecule has 0 bridgehead atoms. The van der Waals surface area contributed by atoms with Crippen LogP contribution in [0.5, 0.6) is 11.5 Å². The fraction of sp³-hybridized carbons (Fsp3) is 0.438. The predicted molar refractivity (Wildman–Crippen MR) is 79.3 cm³/mol. The van der Waals surface area contributed by atoms with Gasteiger partial charge >= 0.3 is 0 Å². The van der Waals surface area contributed by atoms with Crippen LogP contribution in [0.2, 0.25) is 0 Å². The summed E-state index contributed by atoms with van der Waals surface area (Å²) in [6.45, 7) is 1.06. The van der Waals surface area contributed by atoms with E-state index in [9.17, 15) is 14.4 Å². The van der Waals surface area contributed by atoms with Gasteiger partial charge in [-0.2, -0.15) is 0 Å². The lowest BCUT2D eigenvalue weighted by atomic mass is 10.0. The number of methoxy groups -OCH3 is 2. The summed E-state index contributed by atoms with van der Waals surface area (Å²) in [5.74, 6) is -1.76. The Hall–Kier alpha value is -2.37. The molecule has 6 nitrogen and oxygen atoms in total. The average molecular weight is 305 g/mol. The van der Waals surface area contributed by atoms with Crippen molar-refractivity contribution in [1.82, 2.24) is 4.90 Å². The van der Waals surface area contributed by atoms with Gasteiger partial charge in [0.2, 0.25) is 5.78 Å². The molecule has 1 saturated heterocycles. The van der Waals surface area contributed by atoms with Crippen molar-refractivity contribution >= 4 is 17.5 Å². The number of carbonyl (C=O) groups is 3. The summed E-state index contributed by atoms with van der Waals surface area (Å²) >= 11 is 0. The standard InChI is InChI=1S/C16H19NO5/c1-21-12-7-6-11(10-13(12)22-2)14(18)15(19)16(20)17-8-4-3-5-9-17/h6-7,10H,3-5,8-9H2,1-2H3. The van der Waals surface area contributed by atoms with Crippen molar-refractivity contribution in [3.05, 3.63) is 23.8 Å². The number of carbonyl (C=O) groups excluding carboxylic acids is 3. The zero-order chi connectivity index (χ0) is 16.1. The van der Waals surface area contributed by atoms with Crippen LogP contribution < -0.4 is 9.47 Å². The number of rotatable bonds is 5. The molecule has 1 aliphatic heterocycles. The first-order valence-electron chi connectivity index (χ1n) is 7.18. The zero-order valence-electron chi connectivity index (χ0n) is 12.8. The number of piperidine rings is 1. The zero-order valence-corrected chi connectivity index (χ0v) is 12.8. The largest absolute Gasteiger partial charge is 0.493 e. The molecule has 1 aliphatic rings. The summed E-state index contributed by atoms with van der Waals surface area (Å²) in [6, 6.07) is 4.39. The van der Waals surface area contributed by atoms with E-state index < -0.39 is 17.5 Å². The van der Waals surface area contributed by atoms with E-state index in [2.05, 4.69) is 0 Å². The molecule has 1 heterocycles. The maximum Gasteiger partial charge on any atom is 0.298 e. The molecule has 0 radical (unpaired) electrons. The predicted octanol–water partition coefficient (Wildman–Crippen LogP) is 1.47. The summed E-state index contributed by atoms with van der Waals surface area (Å²) in [7, 11) is 2.91. The Balaban J connectivity index is 2.16. The van der Waals surface area contributed by atoms with E-state index in [0.717, 1.165) is 19.3 Å². The molecular weight excluding hydrogens is 286 g/mol. The second-order valence-electron chi connectivity index (χ2n) is 5.08. The van der Waals surface area contributed by atoms with Crippen LogP contribution in [0.1, 0.15) is 29.6 Å². The highest BCUT2D eigenvalue weighted by Crippen LogP contribution is 2.27. The molecule has 1 aromatic rings. The Labute approximate surface area is 129 Å². The molecule has 0 saturated carbocycles. The van der Waals surface area contributed by atoms with Crippen molar-refractivity contribution in [2.75, 3.05) is 27.3 Å². The second kappa shape index (κ2) is 7.06. The molecule has 0 aliphatic carbocycles. The SMILES string of the molecule is COc1ccc(C(=O)C(=O)C(=O)N2CCCCC2)cc1OC. The van der Waals surface area contributed by atoms with E-state index in [4.69, 9.17) is 9.47 Å². The quantitative estimate of drug-likeness (QED) is 0.468. The van der Waals surface area contributed by atoms with Gasteiger partial charge in [-0.1, -0.05) is 0 Å². The minimum atomic E-state index is -1.01. The van der Waals surface area contributed by atoms with Crippen molar-refractivity contribution in [2.24, 2.45) is 0 Å². The Kier molecular flexibility index (Phi) is 5.14. The van der Waals surface area contributed by atoms with E-state index in [1.807, 2.05) is 0 Å². The van der Waals surface area contributed by atoms with Crippen molar-refractivity contribution in [3.8, 4) is 11.5 Å². The Morgan fingerprint density at radius 2 is 1.59 bits per heavy atom. The summed E-state index contributed by atoms with van der Waals surface area (Å²) in [5.41, 5.74) is 0.119. The molecule has 1 amide bonds. The first kappa shape index (κ1) is 16.0. The number of benzene rings is 1. The smallest absolute Gasteiger partial charge is 0.298 e. The first-order valence-corrected chi connectivity index (χ1v) is 7.18. The van der Waals surface area contributed by atoms with Crippen molar-refractivity contribution in [1.29, 1.82) is 0 Å². The average Bonchev–Trinajstić information content (AvgIpc) is 2.59. The highest BCUT2D eigenvalue weighted by molar-refractivity contribution is 6.66. The number of hydrogen-bond acceptors (Lipinski definition) is 5. The Morgan fingerprint density at radius 3 is 2.18 bits per heavy atom. The van der Waals surface area contributed by atoms with E-state index in [-0.39, 0.29) is 5.56 Å². The molecule has 6 heteroatoms. The second-order valence-corrected chi connectivity index (χ2v) is 5.08. The number of likely N-dealkylation sites (tertiary alicyclic amines) is 1. The third-order valence-electron chi connectivity index (χ3n) is 3.69. The number of nitrogens with zero attached hydrogens (tertiary/aromatic N) is 1. The fourth-order valence-electron chi connectivity index (χ4n) is 2.45. The molecule has 22 heavy (non-hydrogen) atoms. The molecular formula is C16H19NO5. The maximum absolute atomic E-state index is 12.2. The molecule has 0 unspecified atom stereocenters. The fourth-order valence-corrected chi connectivity index (χ4v) is 2.45. The van der Waals surface area contributed by atoms with Crippen LogP contribution >= 0.6 is 0 Å². The number of Topliss-reactive ketones (excluding diaryl/α,β-unsaturated/α-hetero) is 2. The molecule has 118 valence electrons. The maximum atomic E-state index is 12.2. The lowest BCUT2D eigenvalue weighted by Crippen LogP contribution is -2.42. The van der Waals surface area contributed by atoms with Crippen LogP contribution in [0.25, 0.3) is 0 Å². The van der Waals surface area contributed by atoms with Crippen molar-refractivity contribution < 1.29 is 23.9 Å². The van der Waals surface area contributed by atoms with Crippen molar-refractivity contribution in [3.63, 3.8) is 0 Å². The van der Waals surface area contributed by atoms with Crippen LogP contribution in [0, 0.1) is 0 Å². The minimum absolute atomic E-state index is 0.119. The lowest BCUT2D eigenvalue weighted by Gasteiger charge is -2.25. The van der Waals surface area contributed by atoms with Gasteiger partial charge < -0.3 is 14.4 Å². The number of ether oxygens (including phenoxy) is 2. The minimum Gasteiger partial charge on any atom is -0.493 e. The molecule has 2 rings (SSSR count). The highest BCUT2D eigenvalue weighted by atomic mass is 16.5.